The number of halogens is 1. The van der Waals surface area contributed by atoms with E-state index >= 15 is 0 Å². The van der Waals surface area contributed by atoms with E-state index in [-0.39, 0.29) is 6.23 Å². The second-order valence-electron chi connectivity index (χ2n) is 5.47. The summed E-state index contributed by atoms with van der Waals surface area (Å²) in [4.78, 5) is 4.02. The molecule has 1 saturated heterocycles. The second-order valence-corrected chi connectivity index (χ2v) is 5.85. The summed E-state index contributed by atoms with van der Waals surface area (Å²) in [7, 11) is 0. The van der Waals surface area contributed by atoms with Gasteiger partial charge in [-0.15, -0.1) is 0 Å². The van der Waals surface area contributed by atoms with Crippen LogP contribution in [0.4, 0.5) is 0 Å². The van der Waals surface area contributed by atoms with Gasteiger partial charge in [-0.2, -0.15) is 0 Å². The largest absolute Gasteiger partial charge is 0.350 e. The van der Waals surface area contributed by atoms with Crippen LogP contribution in [0.15, 0.2) is 42.6 Å². The number of morpholine rings is 1. The Bertz CT molecular complexity index is 649. The third-order valence-corrected chi connectivity index (χ3v) is 3.96. The summed E-state index contributed by atoms with van der Waals surface area (Å²) < 4.78 is 5.95. The SMILES string of the molecule is CC1(c2cccc(-c3ccnc(Cl)c3)c2)CNCC(N)O1. The van der Waals surface area contributed by atoms with Crippen LogP contribution in [0.25, 0.3) is 11.1 Å². The first kappa shape index (κ1) is 14.5. The minimum absolute atomic E-state index is 0.289. The topological polar surface area (TPSA) is 60.2 Å². The molecule has 0 aliphatic carbocycles. The monoisotopic (exact) mass is 303 g/mol. The molecule has 0 bridgehead atoms. The highest BCUT2D eigenvalue weighted by atomic mass is 35.5. The summed E-state index contributed by atoms with van der Waals surface area (Å²) in [5, 5.41) is 3.80. The lowest BCUT2D eigenvalue weighted by atomic mass is 9.91. The van der Waals surface area contributed by atoms with Crippen LogP contribution >= 0.6 is 11.6 Å². The zero-order valence-corrected chi connectivity index (χ0v) is 12.6. The molecule has 5 heteroatoms. The van der Waals surface area contributed by atoms with Crippen LogP contribution in [-0.2, 0) is 10.3 Å². The summed E-state index contributed by atoms with van der Waals surface area (Å²) in [6, 6.07) is 12.0. The lowest BCUT2D eigenvalue weighted by Gasteiger charge is -2.38. The van der Waals surface area contributed by atoms with E-state index in [9.17, 15) is 0 Å². The zero-order chi connectivity index (χ0) is 14.9. The molecular formula is C16H18ClN3O. The van der Waals surface area contributed by atoms with Gasteiger partial charge in [0.25, 0.3) is 0 Å². The fourth-order valence-corrected chi connectivity index (χ4v) is 2.82. The third kappa shape index (κ3) is 3.09. The van der Waals surface area contributed by atoms with Crippen molar-refractivity contribution in [1.82, 2.24) is 10.3 Å². The lowest BCUT2D eigenvalue weighted by Crippen LogP contribution is -2.53. The van der Waals surface area contributed by atoms with Crippen molar-refractivity contribution >= 4 is 11.6 Å². The molecule has 2 unspecified atom stereocenters. The van der Waals surface area contributed by atoms with Crippen LogP contribution < -0.4 is 11.1 Å². The van der Waals surface area contributed by atoms with Gasteiger partial charge in [-0.1, -0.05) is 29.8 Å². The van der Waals surface area contributed by atoms with Crippen LogP contribution in [0.5, 0.6) is 0 Å². The van der Waals surface area contributed by atoms with Crippen LogP contribution in [0.2, 0.25) is 5.15 Å². The summed E-state index contributed by atoms with van der Waals surface area (Å²) in [6.07, 6.45) is 1.42. The van der Waals surface area contributed by atoms with Gasteiger partial charge in [0, 0.05) is 19.3 Å². The van der Waals surface area contributed by atoms with E-state index in [1.807, 2.05) is 18.2 Å². The highest BCUT2D eigenvalue weighted by molar-refractivity contribution is 6.29. The number of nitrogens with zero attached hydrogens (tertiary/aromatic N) is 1. The second kappa shape index (κ2) is 5.73. The number of ether oxygens (including phenoxy) is 1. The molecule has 3 rings (SSSR count). The number of nitrogens with two attached hydrogens (primary N) is 1. The van der Waals surface area contributed by atoms with Crippen LogP contribution in [0.3, 0.4) is 0 Å². The maximum atomic E-state index is 5.97. The van der Waals surface area contributed by atoms with Crippen LogP contribution in [0.1, 0.15) is 12.5 Å². The van der Waals surface area contributed by atoms with Crippen molar-refractivity contribution < 1.29 is 4.74 Å². The smallest absolute Gasteiger partial charge is 0.129 e. The van der Waals surface area contributed by atoms with Gasteiger partial charge in [0.2, 0.25) is 0 Å². The van der Waals surface area contributed by atoms with Gasteiger partial charge in [0.05, 0.1) is 0 Å². The van der Waals surface area contributed by atoms with Crippen molar-refractivity contribution in [2.24, 2.45) is 5.73 Å². The molecule has 0 amide bonds. The molecular weight excluding hydrogens is 286 g/mol. The average molecular weight is 304 g/mol. The summed E-state index contributed by atoms with van der Waals surface area (Å²) in [5.74, 6) is 0. The lowest BCUT2D eigenvalue weighted by molar-refractivity contribution is -0.107. The van der Waals surface area contributed by atoms with Gasteiger partial charge in [-0.3, -0.25) is 0 Å². The van der Waals surface area contributed by atoms with Crippen molar-refractivity contribution in [3.05, 3.63) is 53.3 Å². The van der Waals surface area contributed by atoms with Gasteiger partial charge in [-0.05, 0) is 41.8 Å². The first-order valence-corrected chi connectivity index (χ1v) is 7.31. The van der Waals surface area contributed by atoms with Crippen molar-refractivity contribution in [2.75, 3.05) is 13.1 Å². The van der Waals surface area contributed by atoms with E-state index in [1.165, 1.54) is 0 Å². The van der Waals surface area contributed by atoms with Crippen molar-refractivity contribution in [3.8, 4) is 11.1 Å². The highest BCUT2D eigenvalue weighted by Crippen LogP contribution is 2.31. The Hall–Kier alpha value is -1.46. The Morgan fingerprint density at radius 2 is 2.14 bits per heavy atom. The van der Waals surface area contributed by atoms with E-state index in [4.69, 9.17) is 22.1 Å². The molecule has 2 atom stereocenters. The predicted octanol–water partition coefficient (Wildman–Crippen LogP) is 2.52. The minimum Gasteiger partial charge on any atom is -0.350 e. The normalized spacial score (nSPS) is 25.8. The molecule has 21 heavy (non-hydrogen) atoms. The molecule has 1 fully saturated rings. The number of benzene rings is 1. The molecule has 1 aromatic carbocycles. The molecule has 4 nitrogen and oxygen atoms in total. The average Bonchev–Trinajstić information content (AvgIpc) is 2.47. The van der Waals surface area contributed by atoms with Gasteiger partial charge in [-0.25, -0.2) is 4.98 Å². The predicted molar refractivity (Wildman–Crippen MR) is 84.0 cm³/mol. The highest BCUT2D eigenvalue weighted by Gasteiger charge is 2.33. The van der Waals surface area contributed by atoms with E-state index in [2.05, 4.69) is 35.4 Å². The van der Waals surface area contributed by atoms with E-state index < -0.39 is 5.60 Å². The fraction of sp³-hybridized carbons (Fsp3) is 0.312. The molecule has 0 radical (unpaired) electrons. The molecule has 1 aliphatic rings. The van der Waals surface area contributed by atoms with E-state index in [1.54, 1.807) is 6.20 Å². The van der Waals surface area contributed by atoms with Crippen molar-refractivity contribution in [1.29, 1.82) is 0 Å². The summed E-state index contributed by atoms with van der Waals surface area (Å²) in [6.45, 7) is 3.47. The molecule has 0 spiro atoms. The summed E-state index contributed by atoms with van der Waals surface area (Å²) >= 11 is 5.97. The number of rotatable bonds is 2. The zero-order valence-electron chi connectivity index (χ0n) is 11.8. The van der Waals surface area contributed by atoms with Crippen molar-refractivity contribution in [2.45, 2.75) is 18.8 Å². The van der Waals surface area contributed by atoms with E-state index in [0.29, 0.717) is 11.7 Å². The first-order chi connectivity index (χ1) is 10.1. The minimum atomic E-state index is -0.426. The maximum absolute atomic E-state index is 5.97. The molecule has 2 heterocycles. The molecule has 3 N–H and O–H groups in total. The van der Waals surface area contributed by atoms with Gasteiger partial charge >= 0.3 is 0 Å². The number of aromatic nitrogens is 1. The Morgan fingerprint density at radius 1 is 1.33 bits per heavy atom. The molecule has 1 aromatic heterocycles. The number of hydrogen-bond acceptors (Lipinski definition) is 4. The van der Waals surface area contributed by atoms with Crippen LogP contribution in [0, 0.1) is 0 Å². The number of pyridine rings is 1. The molecule has 110 valence electrons. The Balaban J connectivity index is 1.96. The third-order valence-electron chi connectivity index (χ3n) is 3.75. The van der Waals surface area contributed by atoms with Crippen LogP contribution in [-0.4, -0.2) is 24.3 Å². The standard InChI is InChI=1S/C16H18ClN3O/c1-16(10-19-9-15(18)21-16)13-4-2-3-11(7-13)12-5-6-20-14(17)8-12/h2-8,15,19H,9-10,18H2,1H3. The number of hydrogen-bond donors (Lipinski definition) is 2. The van der Waals surface area contributed by atoms with Gasteiger partial charge in [0.1, 0.15) is 17.0 Å². The Morgan fingerprint density at radius 3 is 2.90 bits per heavy atom. The maximum Gasteiger partial charge on any atom is 0.129 e. The molecule has 1 aliphatic heterocycles. The molecule has 2 aromatic rings. The fourth-order valence-electron chi connectivity index (χ4n) is 2.65. The Labute approximate surface area is 129 Å². The molecule has 0 saturated carbocycles. The first-order valence-electron chi connectivity index (χ1n) is 6.93. The van der Waals surface area contributed by atoms with Crippen molar-refractivity contribution in [3.63, 3.8) is 0 Å². The Kier molecular flexibility index (Phi) is 3.95. The van der Waals surface area contributed by atoms with Gasteiger partial charge < -0.3 is 15.8 Å². The van der Waals surface area contributed by atoms with Gasteiger partial charge in [0.15, 0.2) is 0 Å². The van der Waals surface area contributed by atoms with E-state index in [0.717, 1.165) is 23.2 Å². The summed E-state index contributed by atoms with van der Waals surface area (Å²) in [5.41, 5.74) is 8.69. The quantitative estimate of drug-likeness (QED) is 0.837. The number of nitrogens with one attached hydrogen (secondary N) is 1.